The fraction of sp³-hybridized carbons (Fsp3) is 0.333. The molecule has 9 heteroatoms. The maximum Gasteiger partial charge on any atom is 0.236 e. The molecule has 4 rings (SSSR count). The average Bonchev–Trinajstić information content (AvgIpc) is 3.17. The molecule has 1 amide bonds. The molecule has 2 aliphatic rings. The number of carbonyl (C=O) groups excluding carboxylic acids is 1. The molecule has 1 aromatic heterocycles. The van der Waals surface area contributed by atoms with Crippen LogP contribution in [0.4, 0.5) is 11.6 Å². The molecule has 2 N–H and O–H groups in total. The van der Waals surface area contributed by atoms with Crippen molar-refractivity contribution >= 4 is 23.1 Å². The number of hydrogen-bond acceptors (Lipinski definition) is 8. The Balaban J connectivity index is 1.36. The number of rotatable bonds is 6. The topological polar surface area (TPSA) is 106 Å². The Labute approximate surface area is 175 Å². The first kappa shape index (κ1) is 19.7. The predicted molar refractivity (Wildman–Crippen MR) is 112 cm³/mol. The molecule has 2 aliphatic heterocycles. The number of ether oxygens (including phenoxy) is 1. The fourth-order valence-electron chi connectivity index (χ4n) is 3.37. The molecule has 0 bridgehead atoms. The highest BCUT2D eigenvalue weighted by Crippen LogP contribution is 2.35. The monoisotopic (exact) mass is 405 g/mol. The summed E-state index contributed by atoms with van der Waals surface area (Å²) < 4.78 is 5.76. The van der Waals surface area contributed by atoms with Crippen molar-refractivity contribution in [3.05, 3.63) is 48.1 Å². The second-order valence-electron chi connectivity index (χ2n) is 7.20. The number of amides is 1. The minimum atomic E-state index is 0.164. The van der Waals surface area contributed by atoms with Crippen molar-refractivity contribution in [3.8, 4) is 11.8 Å². The summed E-state index contributed by atoms with van der Waals surface area (Å²) in [6, 6.07) is 11.3. The number of fused-ring (bicyclic) bond motifs is 1. The van der Waals surface area contributed by atoms with E-state index in [1.54, 1.807) is 12.3 Å². The lowest BCUT2D eigenvalue weighted by atomic mass is 10.2. The van der Waals surface area contributed by atoms with Gasteiger partial charge < -0.3 is 20.3 Å². The van der Waals surface area contributed by atoms with Crippen LogP contribution in [0.3, 0.4) is 0 Å². The van der Waals surface area contributed by atoms with E-state index in [1.807, 2.05) is 41.1 Å². The zero-order chi connectivity index (χ0) is 20.9. The Morgan fingerprint density at radius 1 is 1.33 bits per heavy atom. The highest BCUT2D eigenvalue weighted by atomic mass is 16.5. The van der Waals surface area contributed by atoms with Crippen LogP contribution < -0.4 is 15.4 Å². The van der Waals surface area contributed by atoms with E-state index < -0.39 is 0 Å². The number of hydrogen-bond donors (Lipinski definition) is 2. The highest BCUT2D eigenvalue weighted by molar-refractivity contribution is 5.82. The predicted octanol–water partition coefficient (Wildman–Crippen LogP) is 1.75. The summed E-state index contributed by atoms with van der Waals surface area (Å²) >= 11 is 0. The molecular formula is C21H23N7O2. The number of nitriles is 1. The molecule has 3 heterocycles. The molecule has 0 aliphatic carbocycles. The Morgan fingerprint density at radius 3 is 3.00 bits per heavy atom. The Morgan fingerprint density at radius 2 is 2.20 bits per heavy atom. The first-order valence-corrected chi connectivity index (χ1v) is 9.86. The summed E-state index contributed by atoms with van der Waals surface area (Å²) in [4.78, 5) is 24.6. The molecule has 2 aromatic rings. The molecule has 154 valence electrons. The van der Waals surface area contributed by atoms with Crippen LogP contribution in [0, 0.1) is 11.3 Å². The number of carbonyl (C=O) groups is 1. The van der Waals surface area contributed by atoms with E-state index in [2.05, 4.69) is 26.7 Å². The third-order valence-electron chi connectivity index (χ3n) is 5.00. The van der Waals surface area contributed by atoms with Crippen molar-refractivity contribution in [3.63, 3.8) is 0 Å². The van der Waals surface area contributed by atoms with Crippen LogP contribution in [-0.4, -0.2) is 65.4 Å². The van der Waals surface area contributed by atoms with Gasteiger partial charge >= 0.3 is 0 Å². The van der Waals surface area contributed by atoms with Gasteiger partial charge in [0.05, 0.1) is 17.9 Å². The van der Waals surface area contributed by atoms with Crippen LogP contribution in [0.2, 0.25) is 0 Å². The van der Waals surface area contributed by atoms with Crippen molar-refractivity contribution in [2.24, 2.45) is 0 Å². The summed E-state index contributed by atoms with van der Waals surface area (Å²) in [5.41, 5.74) is 1.59. The van der Waals surface area contributed by atoms with Crippen molar-refractivity contribution in [1.82, 2.24) is 19.8 Å². The number of aromatic nitrogens is 2. The van der Waals surface area contributed by atoms with Gasteiger partial charge in [0, 0.05) is 32.4 Å². The molecule has 0 unspecified atom stereocenters. The molecule has 1 saturated heterocycles. The Bertz CT molecular complexity index is 987. The molecule has 1 aromatic carbocycles. The Kier molecular flexibility index (Phi) is 5.77. The van der Waals surface area contributed by atoms with Gasteiger partial charge in [-0.25, -0.2) is 9.97 Å². The third-order valence-corrected chi connectivity index (χ3v) is 5.00. The number of likely N-dealkylation sites (N-methyl/N-ethyl adjacent to an activating group) is 1. The fourth-order valence-corrected chi connectivity index (χ4v) is 3.37. The number of para-hydroxylation sites is 2. The zero-order valence-corrected chi connectivity index (χ0v) is 16.8. The van der Waals surface area contributed by atoms with Crippen LogP contribution >= 0.6 is 0 Å². The summed E-state index contributed by atoms with van der Waals surface area (Å²) in [6.07, 6.45) is 2.39. The maximum absolute atomic E-state index is 12.0. The number of benzene rings is 1. The second-order valence-corrected chi connectivity index (χ2v) is 7.20. The molecule has 0 saturated carbocycles. The van der Waals surface area contributed by atoms with Gasteiger partial charge in [0.15, 0.2) is 5.75 Å². The van der Waals surface area contributed by atoms with E-state index in [-0.39, 0.29) is 5.91 Å². The van der Waals surface area contributed by atoms with Crippen molar-refractivity contribution < 1.29 is 9.53 Å². The number of nitrogens with zero attached hydrogens (tertiary/aromatic N) is 5. The summed E-state index contributed by atoms with van der Waals surface area (Å²) in [6.45, 7) is 3.46. The summed E-state index contributed by atoms with van der Waals surface area (Å²) in [5, 5.41) is 15.9. The van der Waals surface area contributed by atoms with Gasteiger partial charge in [-0.2, -0.15) is 5.26 Å². The molecule has 9 nitrogen and oxygen atoms in total. The van der Waals surface area contributed by atoms with E-state index in [4.69, 9.17) is 4.74 Å². The molecule has 0 radical (unpaired) electrons. The second kappa shape index (κ2) is 8.80. The van der Waals surface area contributed by atoms with Gasteiger partial charge in [-0.3, -0.25) is 9.69 Å². The normalized spacial score (nSPS) is 17.6. The van der Waals surface area contributed by atoms with Gasteiger partial charge in [0.1, 0.15) is 11.6 Å². The van der Waals surface area contributed by atoms with Crippen LogP contribution in [0.1, 0.15) is 12.1 Å². The first-order chi connectivity index (χ1) is 14.6. The van der Waals surface area contributed by atoms with Crippen molar-refractivity contribution in [2.75, 3.05) is 50.4 Å². The number of allylic oxidation sites excluding steroid dienone is 1. The van der Waals surface area contributed by atoms with Crippen LogP contribution in [-0.2, 0) is 4.79 Å². The van der Waals surface area contributed by atoms with Gasteiger partial charge in [-0.1, -0.05) is 12.1 Å². The standard InChI is InChI=1S/C21H23N7O2/c1-27-11-12-28(19(29)14-27)10-4-8-23-21-24-9-7-16(26-21)15(13-22)20-25-17-5-2-3-6-18(17)30-20/h2-3,5-7,9,25H,4,8,10-12,14H2,1H3,(H,23,24,26)/b20-15+. The lowest BCUT2D eigenvalue weighted by Crippen LogP contribution is -2.49. The molecular weight excluding hydrogens is 382 g/mol. The van der Waals surface area contributed by atoms with Gasteiger partial charge in [-0.15, -0.1) is 0 Å². The minimum Gasteiger partial charge on any atom is -0.437 e. The highest BCUT2D eigenvalue weighted by Gasteiger charge is 2.22. The van der Waals surface area contributed by atoms with E-state index in [9.17, 15) is 10.1 Å². The van der Waals surface area contributed by atoms with Crippen LogP contribution in [0.5, 0.6) is 5.75 Å². The number of anilines is 2. The lowest BCUT2D eigenvalue weighted by molar-refractivity contribution is -0.135. The zero-order valence-electron chi connectivity index (χ0n) is 16.8. The minimum absolute atomic E-state index is 0.164. The first-order valence-electron chi connectivity index (χ1n) is 9.86. The quantitative estimate of drug-likeness (QED) is 0.553. The summed E-state index contributed by atoms with van der Waals surface area (Å²) in [7, 11) is 1.96. The van der Waals surface area contributed by atoms with E-state index in [0.29, 0.717) is 48.5 Å². The van der Waals surface area contributed by atoms with Crippen molar-refractivity contribution in [1.29, 1.82) is 5.26 Å². The molecule has 0 spiro atoms. The molecule has 30 heavy (non-hydrogen) atoms. The molecule has 0 atom stereocenters. The number of nitrogens with one attached hydrogen (secondary N) is 2. The van der Waals surface area contributed by atoms with Gasteiger partial charge in [0.25, 0.3) is 0 Å². The van der Waals surface area contributed by atoms with Gasteiger partial charge in [-0.05, 0) is 31.7 Å². The lowest BCUT2D eigenvalue weighted by Gasteiger charge is -2.32. The maximum atomic E-state index is 12.0. The smallest absolute Gasteiger partial charge is 0.236 e. The van der Waals surface area contributed by atoms with E-state index >= 15 is 0 Å². The average molecular weight is 405 g/mol. The van der Waals surface area contributed by atoms with Gasteiger partial charge in [0.2, 0.25) is 17.7 Å². The Hall–Kier alpha value is -3.64. The molecule has 1 fully saturated rings. The third kappa shape index (κ3) is 4.34. The largest absolute Gasteiger partial charge is 0.437 e. The van der Waals surface area contributed by atoms with E-state index in [1.165, 1.54) is 0 Å². The summed E-state index contributed by atoms with van der Waals surface area (Å²) in [5.74, 6) is 1.63. The van der Waals surface area contributed by atoms with Crippen LogP contribution in [0.25, 0.3) is 5.57 Å². The van der Waals surface area contributed by atoms with Crippen LogP contribution in [0.15, 0.2) is 42.4 Å². The SMILES string of the molecule is CN1CCN(CCCNc2nccc(/C(C#N)=C3\Nc4ccccc4O3)n2)C(=O)C1. The number of piperazine rings is 1. The van der Waals surface area contributed by atoms with Crippen molar-refractivity contribution in [2.45, 2.75) is 6.42 Å². The van der Waals surface area contributed by atoms with E-state index in [0.717, 1.165) is 25.2 Å².